The summed E-state index contributed by atoms with van der Waals surface area (Å²) in [5.74, 6) is -0.0585. The number of amides is 2. The maximum atomic E-state index is 11.7. The third-order valence-corrected chi connectivity index (χ3v) is 3.24. The minimum absolute atomic E-state index is 0.249. The van der Waals surface area contributed by atoms with Crippen LogP contribution < -0.4 is 5.32 Å². The Labute approximate surface area is 99.6 Å². The van der Waals surface area contributed by atoms with E-state index in [-0.39, 0.29) is 6.03 Å². The lowest BCUT2D eigenvalue weighted by atomic mass is 10.0. The van der Waals surface area contributed by atoms with E-state index in [1.807, 2.05) is 6.26 Å². The van der Waals surface area contributed by atoms with Crippen LogP contribution in [0.15, 0.2) is 0 Å². The first-order valence-corrected chi connectivity index (χ1v) is 6.82. The fraction of sp³-hybridized carbons (Fsp3) is 0.800. The topological polar surface area (TPSA) is 69.6 Å². The summed E-state index contributed by atoms with van der Waals surface area (Å²) in [5, 5.41) is 11.7. The van der Waals surface area contributed by atoms with E-state index in [1.54, 1.807) is 11.8 Å². The summed E-state index contributed by atoms with van der Waals surface area (Å²) < 4.78 is 0. The molecule has 1 rings (SSSR count). The molecule has 5 nitrogen and oxygen atoms in total. The van der Waals surface area contributed by atoms with E-state index in [0.717, 1.165) is 18.6 Å². The highest BCUT2D eigenvalue weighted by molar-refractivity contribution is 7.98. The van der Waals surface area contributed by atoms with E-state index in [1.165, 1.54) is 4.90 Å². The second-order valence-electron chi connectivity index (χ2n) is 3.77. The van der Waals surface area contributed by atoms with Crippen LogP contribution in [0, 0.1) is 0 Å². The van der Waals surface area contributed by atoms with Gasteiger partial charge < -0.3 is 15.3 Å². The molecule has 1 heterocycles. The highest BCUT2D eigenvalue weighted by Gasteiger charge is 2.31. The minimum atomic E-state index is -0.903. The number of hydrogen-bond donors (Lipinski definition) is 2. The van der Waals surface area contributed by atoms with Gasteiger partial charge in [0.15, 0.2) is 0 Å². The molecular weight excluding hydrogens is 228 g/mol. The Bertz CT molecular complexity index is 260. The normalized spacial score (nSPS) is 20.6. The van der Waals surface area contributed by atoms with Crippen LogP contribution in [0.3, 0.4) is 0 Å². The van der Waals surface area contributed by atoms with Crippen LogP contribution in [0.25, 0.3) is 0 Å². The van der Waals surface area contributed by atoms with E-state index >= 15 is 0 Å². The molecule has 2 N–H and O–H groups in total. The zero-order valence-electron chi connectivity index (χ0n) is 9.44. The first-order chi connectivity index (χ1) is 7.66. The van der Waals surface area contributed by atoms with Gasteiger partial charge in [0.05, 0.1) is 0 Å². The van der Waals surface area contributed by atoms with E-state index in [0.29, 0.717) is 19.5 Å². The molecule has 0 bridgehead atoms. The molecule has 0 aromatic rings. The van der Waals surface area contributed by atoms with Gasteiger partial charge >= 0.3 is 12.0 Å². The number of carboxylic acid groups (broad SMARTS) is 1. The first kappa shape index (κ1) is 13.2. The van der Waals surface area contributed by atoms with Crippen LogP contribution in [-0.4, -0.2) is 53.1 Å². The molecule has 0 aliphatic carbocycles. The van der Waals surface area contributed by atoms with Gasteiger partial charge in [0.2, 0.25) is 0 Å². The third-order valence-electron chi connectivity index (χ3n) is 2.63. The van der Waals surface area contributed by atoms with Crippen molar-refractivity contribution in [2.24, 2.45) is 0 Å². The number of carbonyl (C=O) groups excluding carboxylic acids is 1. The Morgan fingerprint density at radius 2 is 2.25 bits per heavy atom. The Morgan fingerprint density at radius 1 is 1.50 bits per heavy atom. The molecule has 0 aromatic heterocycles. The van der Waals surface area contributed by atoms with E-state index in [9.17, 15) is 9.59 Å². The van der Waals surface area contributed by atoms with Crippen molar-refractivity contribution in [2.75, 3.05) is 25.1 Å². The zero-order valence-corrected chi connectivity index (χ0v) is 10.3. The summed E-state index contributed by atoms with van der Waals surface area (Å²) >= 11 is 1.65. The van der Waals surface area contributed by atoms with E-state index in [2.05, 4.69) is 5.32 Å². The summed E-state index contributed by atoms with van der Waals surface area (Å²) in [7, 11) is 0. The predicted octanol–water partition coefficient (Wildman–Crippen LogP) is 0.998. The van der Waals surface area contributed by atoms with Crippen molar-refractivity contribution in [3.63, 3.8) is 0 Å². The predicted molar refractivity (Wildman–Crippen MR) is 63.8 cm³/mol. The fourth-order valence-corrected chi connectivity index (χ4v) is 2.10. The average molecular weight is 246 g/mol. The molecular formula is C10H18N2O3S. The number of nitrogens with zero attached hydrogens (tertiary/aromatic N) is 1. The number of piperidine rings is 1. The number of rotatable bonds is 4. The molecule has 16 heavy (non-hydrogen) atoms. The number of hydrogen-bond acceptors (Lipinski definition) is 3. The molecule has 92 valence electrons. The van der Waals surface area contributed by atoms with Crippen molar-refractivity contribution in [2.45, 2.75) is 25.3 Å². The van der Waals surface area contributed by atoms with Gasteiger partial charge in [0.25, 0.3) is 0 Å². The highest BCUT2D eigenvalue weighted by atomic mass is 32.2. The van der Waals surface area contributed by atoms with Crippen LogP contribution in [0.4, 0.5) is 4.79 Å². The Balaban J connectivity index is 2.47. The second-order valence-corrected chi connectivity index (χ2v) is 4.75. The fourth-order valence-electron chi connectivity index (χ4n) is 1.79. The van der Waals surface area contributed by atoms with Gasteiger partial charge in [0, 0.05) is 18.8 Å². The highest BCUT2D eigenvalue weighted by Crippen LogP contribution is 2.17. The van der Waals surface area contributed by atoms with Crippen LogP contribution in [0.2, 0.25) is 0 Å². The molecule has 0 spiro atoms. The molecule has 0 radical (unpaired) electrons. The standard InChI is InChI=1S/C10H18N2O3S/c1-16-7-5-11-10(15)12-6-3-2-4-8(12)9(13)14/h8H,2-7H2,1H3,(H,11,15)(H,13,14). The molecule has 1 atom stereocenters. The van der Waals surface area contributed by atoms with Crippen LogP contribution >= 0.6 is 11.8 Å². The number of likely N-dealkylation sites (tertiary alicyclic amines) is 1. The van der Waals surface area contributed by atoms with Crippen molar-refractivity contribution in [3.8, 4) is 0 Å². The number of aliphatic carboxylic acids is 1. The summed E-state index contributed by atoms with van der Waals surface area (Å²) in [6.07, 6.45) is 4.30. The lowest BCUT2D eigenvalue weighted by Gasteiger charge is -2.32. The summed E-state index contributed by atoms with van der Waals surface area (Å²) in [4.78, 5) is 24.1. The minimum Gasteiger partial charge on any atom is -0.480 e. The Hall–Kier alpha value is -0.910. The molecule has 1 aliphatic heterocycles. The molecule has 0 aromatic carbocycles. The van der Waals surface area contributed by atoms with E-state index < -0.39 is 12.0 Å². The van der Waals surface area contributed by atoms with Crippen molar-refractivity contribution in [1.29, 1.82) is 0 Å². The average Bonchev–Trinajstić information content (AvgIpc) is 2.29. The first-order valence-electron chi connectivity index (χ1n) is 5.43. The summed E-state index contributed by atoms with van der Waals surface area (Å²) in [5.41, 5.74) is 0. The Morgan fingerprint density at radius 3 is 2.88 bits per heavy atom. The van der Waals surface area contributed by atoms with Gasteiger partial charge in [-0.15, -0.1) is 0 Å². The molecule has 0 saturated carbocycles. The molecule has 1 fully saturated rings. The lowest BCUT2D eigenvalue weighted by Crippen LogP contribution is -2.52. The second kappa shape index (κ2) is 6.62. The quantitative estimate of drug-likeness (QED) is 0.726. The molecule has 2 amide bonds. The number of carboxylic acids is 1. The SMILES string of the molecule is CSCCNC(=O)N1CCCCC1C(=O)O. The third kappa shape index (κ3) is 3.59. The maximum absolute atomic E-state index is 11.7. The van der Waals surface area contributed by atoms with Gasteiger partial charge in [-0.2, -0.15) is 11.8 Å². The summed E-state index contributed by atoms with van der Waals surface area (Å²) in [6.45, 7) is 1.13. The van der Waals surface area contributed by atoms with E-state index in [4.69, 9.17) is 5.11 Å². The van der Waals surface area contributed by atoms with Crippen LogP contribution in [0.5, 0.6) is 0 Å². The smallest absolute Gasteiger partial charge is 0.326 e. The van der Waals surface area contributed by atoms with Gasteiger partial charge in [-0.25, -0.2) is 9.59 Å². The van der Waals surface area contributed by atoms with Gasteiger partial charge in [-0.3, -0.25) is 0 Å². The summed E-state index contributed by atoms with van der Waals surface area (Å²) in [6, 6.07) is -0.899. The van der Waals surface area contributed by atoms with Crippen molar-refractivity contribution >= 4 is 23.8 Å². The molecule has 1 aliphatic rings. The van der Waals surface area contributed by atoms with Crippen molar-refractivity contribution in [1.82, 2.24) is 10.2 Å². The number of carbonyl (C=O) groups is 2. The van der Waals surface area contributed by atoms with Crippen molar-refractivity contribution in [3.05, 3.63) is 0 Å². The lowest BCUT2D eigenvalue weighted by molar-refractivity contribution is -0.143. The number of nitrogens with one attached hydrogen (secondary N) is 1. The number of thioether (sulfide) groups is 1. The van der Waals surface area contributed by atoms with Crippen LogP contribution in [0.1, 0.15) is 19.3 Å². The van der Waals surface area contributed by atoms with Gasteiger partial charge in [-0.05, 0) is 25.5 Å². The Kier molecular flexibility index (Phi) is 5.45. The number of urea groups is 1. The molecule has 6 heteroatoms. The largest absolute Gasteiger partial charge is 0.480 e. The monoisotopic (exact) mass is 246 g/mol. The van der Waals surface area contributed by atoms with Gasteiger partial charge in [0.1, 0.15) is 6.04 Å². The zero-order chi connectivity index (χ0) is 12.0. The van der Waals surface area contributed by atoms with Gasteiger partial charge in [-0.1, -0.05) is 0 Å². The molecule has 1 unspecified atom stereocenters. The molecule has 1 saturated heterocycles. The van der Waals surface area contributed by atoms with Crippen LogP contribution in [-0.2, 0) is 4.79 Å². The van der Waals surface area contributed by atoms with Crippen molar-refractivity contribution < 1.29 is 14.7 Å². The maximum Gasteiger partial charge on any atom is 0.326 e.